The van der Waals surface area contributed by atoms with Crippen molar-refractivity contribution in [3.05, 3.63) is 58.9 Å². The monoisotopic (exact) mass is 361 g/mol. The molecule has 2 rings (SSSR count). The third-order valence-corrected chi connectivity index (χ3v) is 3.84. The van der Waals surface area contributed by atoms with Crippen LogP contribution in [-0.2, 0) is 17.6 Å². The van der Waals surface area contributed by atoms with E-state index >= 15 is 0 Å². The van der Waals surface area contributed by atoms with Crippen molar-refractivity contribution >= 4 is 11.9 Å². The fourth-order valence-corrected chi connectivity index (χ4v) is 2.54. The molecule has 138 valence electrons. The number of halogens is 1. The van der Waals surface area contributed by atoms with Crippen molar-refractivity contribution in [2.24, 2.45) is 0 Å². The number of methoxy groups -OCH3 is 2. The zero-order valence-electron chi connectivity index (χ0n) is 14.5. The van der Waals surface area contributed by atoms with E-state index in [2.05, 4.69) is 5.32 Å². The molecule has 7 heteroatoms. The molecule has 0 aliphatic heterocycles. The summed E-state index contributed by atoms with van der Waals surface area (Å²) in [5.41, 5.74) is 1.38. The molecule has 2 aromatic carbocycles. The molecule has 0 unspecified atom stereocenters. The van der Waals surface area contributed by atoms with Gasteiger partial charge in [0.1, 0.15) is 17.3 Å². The molecule has 0 bridgehead atoms. The normalized spacial score (nSPS) is 10.3. The first kappa shape index (κ1) is 19.2. The van der Waals surface area contributed by atoms with Gasteiger partial charge in [-0.3, -0.25) is 4.79 Å². The lowest BCUT2D eigenvalue weighted by Crippen LogP contribution is -2.27. The zero-order valence-corrected chi connectivity index (χ0v) is 14.5. The van der Waals surface area contributed by atoms with E-state index < -0.39 is 11.8 Å². The first-order valence-electron chi connectivity index (χ1n) is 7.94. The van der Waals surface area contributed by atoms with Crippen molar-refractivity contribution in [2.45, 2.75) is 12.8 Å². The van der Waals surface area contributed by atoms with Gasteiger partial charge in [-0.1, -0.05) is 6.07 Å². The van der Waals surface area contributed by atoms with Gasteiger partial charge in [-0.05, 0) is 42.3 Å². The second-order valence-electron chi connectivity index (χ2n) is 5.56. The predicted octanol–water partition coefficient (Wildman–Crippen LogP) is 2.44. The molecule has 0 saturated heterocycles. The van der Waals surface area contributed by atoms with Crippen molar-refractivity contribution in [3.8, 4) is 11.5 Å². The first-order valence-corrected chi connectivity index (χ1v) is 7.94. The number of carbonyl (C=O) groups excluding carboxylic acids is 1. The number of ether oxygens (including phenoxy) is 2. The molecule has 6 nitrogen and oxygen atoms in total. The summed E-state index contributed by atoms with van der Waals surface area (Å²) in [6.45, 7) is 0.333. The Bertz CT molecular complexity index is 807. The lowest BCUT2D eigenvalue weighted by Gasteiger charge is -2.11. The minimum Gasteiger partial charge on any atom is -0.496 e. The van der Waals surface area contributed by atoms with Crippen molar-refractivity contribution in [2.75, 3.05) is 20.8 Å². The summed E-state index contributed by atoms with van der Waals surface area (Å²) in [6, 6.07) is 8.60. The van der Waals surface area contributed by atoms with Crippen LogP contribution in [0.3, 0.4) is 0 Å². The maximum absolute atomic E-state index is 13.3. The Kier molecular flexibility index (Phi) is 6.54. The molecule has 1 amide bonds. The highest BCUT2D eigenvalue weighted by Gasteiger charge is 2.12. The Labute approximate surface area is 150 Å². The highest BCUT2D eigenvalue weighted by Crippen LogP contribution is 2.21. The highest BCUT2D eigenvalue weighted by atomic mass is 19.1. The van der Waals surface area contributed by atoms with E-state index in [9.17, 15) is 14.0 Å². The van der Waals surface area contributed by atoms with Gasteiger partial charge in [0.25, 0.3) is 0 Å². The molecule has 26 heavy (non-hydrogen) atoms. The van der Waals surface area contributed by atoms with E-state index in [-0.39, 0.29) is 17.9 Å². The second kappa shape index (κ2) is 8.84. The van der Waals surface area contributed by atoms with Gasteiger partial charge in [-0.15, -0.1) is 0 Å². The number of hydrogen-bond acceptors (Lipinski definition) is 4. The number of benzene rings is 2. The Morgan fingerprint density at radius 3 is 2.42 bits per heavy atom. The number of rotatable bonds is 8. The van der Waals surface area contributed by atoms with E-state index in [0.29, 0.717) is 30.0 Å². The molecule has 0 atom stereocenters. The van der Waals surface area contributed by atoms with Gasteiger partial charge in [0.15, 0.2) is 0 Å². The quantitative estimate of drug-likeness (QED) is 0.754. The Hall–Kier alpha value is -3.09. The van der Waals surface area contributed by atoms with Crippen LogP contribution >= 0.6 is 0 Å². The summed E-state index contributed by atoms with van der Waals surface area (Å²) in [5.74, 6) is -0.836. The van der Waals surface area contributed by atoms with Gasteiger partial charge in [0.2, 0.25) is 5.91 Å². The van der Waals surface area contributed by atoms with Crippen LogP contribution in [0.5, 0.6) is 11.5 Å². The fourth-order valence-electron chi connectivity index (χ4n) is 2.54. The van der Waals surface area contributed by atoms with Crippen molar-refractivity contribution in [3.63, 3.8) is 0 Å². The summed E-state index contributed by atoms with van der Waals surface area (Å²) in [6.07, 6.45) is 0.463. The number of carboxylic acid groups (broad SMARTS) is 1. The molecular weight excluding hydrogens is 341 g/mol. The number of nitrogens with one attached hydrogen (secondary N) is 1. The van der Waals surface area contributed by atoms with E-state index in [1.54, 1.807) is 6.07 Å². The average Bonchev–Trinajstić information content (AvgIpc) is 2.62. The van der Waals surface area contributed by atoms with Crippen LogP contribution in [-0.4, -0.2) is 37.7 Å². The van der Waals surface area contributed by atoms with Gasteiger partial charge < -0.3 is 19.9 Å². The van der Waals surface area contributed by atoms with Crippen LogP contribution in [0.2, 0.25) is 0 Å². The molecule has 0 aromatic heterocycles. The Balaban J connectivity index is 1.94. The summed E-state index contributed by atoms with van der Waals surface area (Å²) >= 11 is 0. The maximum Gasteiger partial charge on any atom is 0.335 e. The molecule has 0 aliphatic carbocycles. The average molecular weight is 361 g/mol. The second-order valence-corrected chi connectivity index (χ2v) is 5.56. The summed E-state index contributed by atoms with van der Waals surface area (Å²) in [5, 5.41) is 11.7. The molecule has 2 N–H and O–H groups in total. The molecular formula is C19H20FNO5. The summed E-state index contributed by atoms with van der Waals surface area (Å²) < 4.78 is 23.7. The molecule has 2 aromatic rings. The predicted molar refractivity (Wildman–Crippen MR) is 93.3 cm³/mol. The number of carboxylic acids is 1. The summed E-state index contributed by atoms with van der Waals surface area (Å²) in [7, 11) is 2.92. The van der Waals surface area contributed by atoms with E-state index in [1.165, 1.54) is 44.6 Å². The molecule has 0 heterocycles. The van der Waals surface area contributed by atoms with E-state index in [0.717, 1.165) is 5.56 Å². The number of carbonyl (C=O) groups is 2. The van der Waals surface area contributed by atoms with Gasteiger partial charge in [0.05, 0.1) is 26.2 Å². The highest BCUT2D eigenvalue weighted by molar-refractivity contribution is 5.88. The third-order valence-electron chi connectivity index (χ3n) is 3.84. The van der Waals surface area contributed by atoms with Crippen LogP contribution in [0, 0.1) is 5.82 Å². The minimum absolute atomic E-state index is 0.00395. The molecule has 0 spiro atoms. The van der Waals surface area contributed by atoms with Gasteiger partial charge in [-0.25, -0.2) is 9.18 Å². The van der Waals surface area contributed by atoms with E-state index in [4.69, 9.17) is 14.6 Å². The SMILES string of the molecule is COc1cc(C(=O)O)ccc1CCNC(=O)Cc1cc(F)ccc1OC. The van der Waals surface area contributed by atoms with Crippen LogP contribution < -0.4 is 14.8 Å². The zero-order chi connectivity index (χ0) is 19.1. The number of aromatic carboxylic acids is 1. The lowest BCUT2D eigenvalue weighted by molar-refractivity contribution is -0.120. The first-order chi connectivity index (χ1) is 12.4. The number of amides is 1. The van der Waals surface area contributed by atoms with Crippen molar-refractivity contribution in [1.82, 2.24) is 5.32 Å². The minimum atomic E-state index is -1.04. The van der Waals surface area contributed by atoms with Crippen molar-refractivity contribution in [1.29, 1.82) is 0 Å². The molecule has 0 fully saturated rings. The van der Waals surface area contributed by atoms with Gasteiger partial charge in [-0.2, -0.15) is 0 Å². The smallest absolute Gasteiger partial charge is 0.335 e. The van der Waals surface area contributed by atoms with Crippen LogP contribution in [0.15, 0.2) is 36.4 Å². The lowest BCUT2D eigenvalue weighted by atomic mass is 10.1. The Morgan fingerprint density at radius 1 is 1.04 bits per heavy atom. The standard InChI is InChI=1S/C19H20FNO5/c1-25-16-6-5-15(20)9-14(16)11-18(22)21-8-7-12-3-4-13(19(23)24)10-17(12)26-2/h3-6,9-10H,7-8,11H2,1-2H3,(H,21,22)(H,23,24). The fraction of sp³-hybridized carbons (Fsp3) is 0.263. The molecule has 0 saturated carbocycles. The molecule has 0 aliphatic rings. The summed E-state index contributed by atoms with van der Waals surface area (Å²) in [4.78, 5) is 23.1. The third kappa shape index (κ3) is 4.95. The van der Waals surface area contributed by atoms with Crippen LogP contribution in [0.4, 0.5) is 4.39 Å². The van der Waals surface area contributed by atoms with Gasteiger partial charge in [0, 0.05) is 12.1 Å². The van der Waals surface area contributed by atoms with Crippen molar-refractivity contribution < 1.29 is 28.6 Å². The van der Waals surface area contributed by atoms with Crippen LogP contribution in [0.1, 0.15) is 21.5 Å². The topological polar surface area (TPSA) is 84.9 Å². The largest absolute Gasteiger partial charge is 0.496 e. The maximum atomic E-state index is 13.3. The molecule has 0 radical (unpaired) electrons. The van der Waals surface area contributed by atoms with Gasteiger partial charge >= 0.3 is 5.97 Å². The van der Waals surface area contributed by atoms with Crippen LogP contribution in [0.25, 0.3) is 0 Å². The number of hydrogen-bond donors (Lipinski definition) is 2. The van der Waals surface area contributed by atoms with E-state index in [1.807, 2.05) is 0 Å². The Morgan fingerprint density at radius 2 is 1.77 bits per heavy atom.